The lowest BCUT2D eigenvalue weighted by Gasteiger charge is -2.24. The van der Waals surface area contributed by atoms with Crippen LogP contribution in [0.15, 0.2) is 48.5 Å². The molecule has 2 aliphatic rings. The molecule has 4 N–H and O–H groups in total. The van der Waals surface area contributed by atoms with Crippen molar-refractivity contribution in [3.8, 4) is 0 Å². The minimum absolute atomic E-state index is 0.278. The Morgan fingerprint density at radius 2 is 1.06 bits per heavy atom. The Labute approximate surface area is 187 Å². The molecule has 0 amide bonds. The number of fused-ring (bicyclic) bond motifs is 2. The molecule has 2 aromatic rings. The fraction of sp³-hybridized carbons (Fsp3) is 0.556. The molecule has 4 nitrogen and oxygen atoms in total. The molecule has 0 radical (unpaired) electrons. The van der Waals surface area contributed by atoms with Crippen molar-refractivity contribution in [2.75, 3.05) is 39.4 Å². The minimum atomic E-state index is 0.278. The van der Waals surface area contributed by atoms with Crippen LogP contribution in [0.4, 0.5) is 0 Å². The molecule has 0 fully saturated rings. The van der Waals surface area contributed by atoms with Gasteiger partial charge >= 0.3 is 0 Å². The van der Waals surface area contributed by atoms with Gasteiger partial charge in [0.15, 0.2) is 0 Å². The third-order valence-electron chi connectivity index (χ3n) is 6.76. The van der Waals surface area contributed by atoms with E-state index < -0.39 is 0 Å². The summed E-state index contributed by atoms with van der Waals surface area (Å²) in [6.07, 6.45) is 9.34. The van der Waals surface area contributed by atoms with E-state index in [2.05, 4.69) is 59.2 Å². The van der Waals surface area contributed by atoms with Crippen LogP contribution in [-0.2, 0) is 22.3 Å². The van der Waals surface area contributed by atoms with Crippen LogP contribution in [-0.4, -0.2) is 39.4 Å². The fourth-order valence-electron chi connectivity index (χ4n) is 4.99. The molecule has 0 saturated heterocycles. The second kappa shape index (κ2) is 12.4. The lowest BCUT2D eigenvalue weighted by atomic mass is 9.97. The molecule has 4 heteroatoms. The zero-order chi connectivity index (χ0) is 21.1. The van der Waals surface area contributed by atoms with Gasteiger partial charge in [-0.15, -0.1) is 0 Å². The number of quaternary nitrogens is 2. The fourth-order valence-corrected chi connectivity index (χ4v) is 4.99. The highest BCUT2D eigenvalue weighted by molar-refractivity contribution is 5.31. The number of unbranched alkanes of at least 4 members (excludes halogenated alkanes) is 4. The summed E-state index contributed by atoms with van der Waals surface area (Å²) in [5.74, 6) is 0. The summed E-state index contributed by atoms with van der Waals surface area (Å²) in [7, 11) is 0. The summed E-state index contributed by atoms with van der Waals surface area (Å²) in [6, 6.07) is 17.5. The van der Waals surface area contributed by atoms with Crippen LogP contribution in [0, 0.1) is 0 Å². The third-order valence-corrected chi connectivity index (χ3v) is 6.76. The summed E-state index contributed by atoms with van der Waals surface area (Å²) in [4.78, 5) is 0. The van der Waals surface area contributed by atoms with Crippen molar-refractivity contribution in [2.45, 2.75) is 57.2 Å². The molecule has 168 valence electrons. The van der Waals surface area contributed by atoms with Crippen molar-refractivity contribution in [3.05, 3.63) is 70.8 Å². The van der Waals surface area contributed by atoms with Crippen molar-refractivity contribution >= 4 is 0 Å². The first-order chi connectivity index (χ1) is 15.4. The van der Waals surface area contributed by atoms with E-state index in [0.29, 0.717) is 0 Å². The summed E-state index contributed by atoms with van der Waals surface area (Å²) < 4.78 is 12.0. The molecule has 2 heterocycles. The monoisotopic (exact) mass is 424 g/mol. The van der Waals surface area contributed by atoms with Crippen LogP contribution in [0.2, 0.25) is 0 Å². The first-order valence-corrected chi connectivity index (χ1v) is 12.4. The third kappa shape index (κ3) is 6.63. The molecule has 0 unspecified atom stereocenters. The highest BCUT2D eigenvalue weighted by Crippen LogP contribution is 2.26. The number of hydrogen-bond acceptors (Lipinski definition) is 2. The molecule has 4 rings (SSSR count). The van der Waals surface area contributed by atoms with Crippen LogP contribution in [0.5, 0.6) is 0 Å². The van der Waals surface area contributed by atoms with Crippen LogP contribution in [0.25, 0.3) is 0 Å². The van der Waals surface area contributed by atoms with Crippen molar-refractivity contribution in [1.82, 2.24) is 0 Å². The molecule has 0 aromatic heterocycles. The van der Waals surface area contributed by atoms with E-state index in [1.807, 2.05) is 0 Å². The maximum Gasteiger partial charge on any atom is 0.131 e. The second-order valence-corrected chi connectivity index (χ2v) is 9.01. The van der Waals surface area contributed by atoms with Crippen molar-refractivity contribution < 1.29 is 20.1 Å². The average Bonchev–Trinajstić information content (AvgIpc) is 2.82. The largest absolute Gasteiger partial charge is 0.367 e. The molecule has 0 aliphatic carbocycles. The Balaban J connectivity index is 0.999. The van der Waals surface area contributed by atoms with Crippen LogP contribution < -0.4 is 10.6 Å². The lowest BCUT2D eigenvalue weighted by molar-refractivity contribution is -0.663. The highest BCUT2D eigenvalue weighted by atomic mass is 16.5. The molecule has 0 saturated carbocycles. The van der Waals surface area contributed by atoms with Gasteiger partial charge in [0.25, 0.3) is 0 Å². The Morgan fingerprint density at radius 1 is 0.613 bits per heavy atom. The molecular formula is C27H40N2O2+2. The van der Waals surface area contributed by atoms with Crippen LogP contribution in [0.3, 0.4) is 0 Å². The number of nitrogens with two attached hydrogens (primary N) is 2. The zero-order valence-electron chi connectivity index (χ0n) is 18.9. The SMILES string of the molecule is c1ccc2c(c1)CCO[C@@H]2C[NH2+]CCCCCCC[NH2+]C[C@H]1OCCc2ccccc21. The zero-order valence-corrected chi connectivity index (χ0v) is 18.9. The van der Waals surface area contributed by atoms with Gasteiger partial charge in [0.05, 0.1) is 26.3 Å². The Hall–Kier alpha value is -1.72. The molecule has 0 bridgehead atoms. The minimum Gasteiger partial charge on any atom is -0.367 e. The Morgan fingerprint density at radius 3 is 1.58 bits per heavy atom. The molecule has 0 spiro atoms. The van der Waals surface area contributed by atoms with E-state index in [4.69, 9.17) is 9.47 Å². The van der Waals surface area contributed by atoms with Gasteiger partial charge in [-0.3, -0.25) is 0 Å². The van der Waals surface area contributed by atoms with Crippen molar-refractivity contribution in [3.63, 3.8) is 0 Å². The van der Waals surface area contributed by atoms with Crippen LogP contribution >= 0.6 is 0 Å². The first-order valence-electron chi connectivity index (χ1n) is 12.4. The normalized spacial score (nSPS) is 20.3. The average molecular weight is 425 g/mol. The standard InChI is InChI=1S/C27H38N2O2/c1(2-8-16-28-20-26-24-12-6-4-10-22(24)14-18-30-26)3-9-17-29-21-27-25-13-7-5-11-23(25)15-19-31-27/h4-7,10-13,26-29H,1-3,8-9,14-21H2/p+2/t26-,27-/m1/s1. The first kappa shape index (κ1) is 22.5. The van der Waals surface area contributed by atoms with E-state index in [1.165, 1.54) is 67.4 Å². The van der Waals surface area contributed by atoms with Gasteiger partial charge in [-0.2, -0.15) is 0 Å². The van der Waals surface area contributed by atoms with Gasteiger partial charge in [0.1, 0.15) is 25.3 Å². The van der Waals surface area contributed by atoms with Gasteiger partial charge in [-0.25, -0.2) is 0 Å². The van der Waals surface area contributed by atoms with E-state index in [1.54, 1.807) is 0 Å². The number of rotatable bonds is 12. The van der Waals surface area contributed by atoms with Gasteiger partial charge < -0.3 is 20.1 Å². The molecular weight excluding hydrogens is 384 g/mol. The van der Waals surface area contributed by atoms with Crippen molar-refractivity contribution in [1.29, 1.82) is 0 Å². The highest BCUT2D eigenvalue weighted by Gasteiger charge is 2.22. The lowest BCUT2D eigenvalue weighted by Crippen LogP contribution is -2.85. The van der Waals surface area contributed by atoms with Gasteiger partial charge in [0, 0.05) is 0 Å². The second-order valence-electron chi connectivity index (χ2n) is 9.01. The van der Waals surface area contributed by atoms with Crippen LogP contribution in [0.1, 0.15) is 66.6 Å². The summed E-state index contributed by atoms with van der Waals surface area (Å²) in [5.41, 5.74) is 5.76. The van der Waals surface area contributed by atoms with Crippen molar-refractivity contribution in [2.24, 2.45) is 0 Å². The quantitative estimate of drug-likeness (QED) is 0.515. The molecule has 2 aromatic carbocycles. The Bertz CT molecular complexity index is 729. The van der Waals surface area contributed by atoms with E-state index in [9.17, 15) is 0 Å². The smallest absolute Gasteiger partial charge is 0.131 e. The molecule has 2 aliphatic heterocycles. The maximum atomic E-state index is 6.01. The predicted octanol–water partition coefficient (Wildman–Crippen LogP) is 2.69. The predicted molar refractivity (Wildman–Crippen MR) is 124 cm³/mol. The maximum absolute atomic E-state index is 6.01. The van der Waals surface area contributed by atoms with E-state index >= 15 is 0 Å². The summed E-state index contributed by atoms with van der Waals surface area (Å²) in [6.45, 7) is 6.27. The summed E-state index contributed by atoms with van der Waals surface area (Å²) >= 11 is 0. The topological polar surface area (TPSA) is 51.7 Å². The van der Waals surface area contributed by atoms with Gasteiger partial charge in [-0.05, 0) is 60.8 Å². The molecule has 2 atom stereocenters. The van der Waals surface area contributed by atoms with Gasteiger partial charge in [-0.1, -0.05) is 55.0 Å². The number of hydrogen-bond donors (Lipinski definition) is 2. The van der Waals surface area contributed by atoms with E-state index in [-0.39, 0.29) is 12.2 Å². The molecule has 31 heavy (non-hydrogen) atoms. The van der Waals surface area contributed by atoms with Gasteiger partial charge in [0.2, 0.25) is 0 Å². The summed E-state index contributed by atoms with van der Waals surface area (Å²) in [5, 5.41) is 4.89. The number of benzene rings is 2. The number of ether oxygens (including phenoxy) is 2. The van der Waals surface area contributed by atoms with E-state index in [0.717, 1.165) is 39.1 Å². The Kier molecular flexibility index (Phi) is 8.95.